The number of fused-ring (bicyclic) bond motifs is 2. The molecule has 0 aliphatic carbocycles. The minimum atomic E-state index is 0. The van der Waals surface area contributed by atoms with E-state index in [-0.39, 0.29) is 30.7 Å². The van der Waals surface area contributed by atoms with E-state index in [1.54, 1.807) is 6.20 Å². The first-order chi connectivity index (χ1) is 9.31. The molecule has 1 amide bonds. The van der Waals surface area contributed by atoms with Crippen molar-refractivity contribution < 1.29 is 4.79 Å². The lowest BCUT2D eigenvalue weighted by Gasteiger charge is -2.17. The minimum Gasteiger partial charge on any atom is -0.338 e. The number of rotatable bonds is 1. The summed E-state index contributed by atoms with van der Waals surface area (Å²) in [4.78, 5) is 18.7. The Bertz CT molecular complexity index is 633. The second-order valence-corrected chi connectivity index (χ2v) is 5.50. The highest BCUT2D eigenvalue weighted by Crippen LogP contribution is 2.27. The van der Waals surface area contributed by atoms with Gasteiger partial charge in [-0.25, -0.2) is 4.98 Å². The Morgan fingerprint density at radius 1 is 1.19 bits per heavy atom. The highest BCUT2D eigenvalue weighted by molar-refractivity contribution is 5.94. The maximum absolute atomic E-state index is 12.5. The van der Waals surface area contributed by atoms with Crippen molar-refractivity contribution in [1.29, 1.82) is 0 Å². The van der Waals surface area contributed by atoms with E-state index in [0.29, 0.717) is 11.8 Å². The molecule has 2 fully saturated rings. The molecule has 1 N–H and O–H groups in total. The molecule has 2 aromatic heterocycles. The third-order valence-electron chi connectivity index (χ3n) is 4.31. The standard InChI is InChI=1S/C14H16N4O.2ClH/c19-14(18-8-11-5-15-6-12(11)9-18)10-1-2-13-16-3-4-17(13)7-10;;/h1-4,7,11-12,15H,5-6,8-9H2;2*1H/t11-,12+;;. The molecule has 2 saturated heterocycles. The van der Waals surface area contributed by atoms with Gasteiger partial charge in [-0.2, -0.15) is 0 Å². The van der Waals surface area contributed by atoms with E-state index in [4.69, 9.17) is 0 Å². The van der Waals surface area contributed by atoms with E-state index < -0.39 is 0 Å². The summed E-state index contributed by atoms with van der Waals surface area (Å²) in [5.74, 6) is 1.42. The minimum absolute atomic E-state index is 0. The van der Waals surface area contributed by atoms with Crippen LogP contribution in [0.5, 0.6) is 0 Å². The molecule has 2 aliphatic rings. The predicted molar refractivity (Wildman–Crippen MR) is 85.4 cm³/mol. The van der Waals surface area contributed by atoms with Crippen molar-refractivity contribution in [2.45, 2.75) is 0 Å². The Balaban J connectivity index is 0.000000807. The molecular formula is C14H18Cl2N4O. The van der Waals surface area contributed by atoms with Crippen LogP contribution in [0.15, 0.2) is 30.7 Å². The van der Waals surface area contributed by atoms with Crippen molar-refractivity contribution >= 4 is 36.4 Å². The molecule has 2 aliphatic heterocycles. The van der Waals surface area contributed by atoms with Crippen LogP contribution in [-0.4, -0.2) is 46.4 Å². The van der Waals surface area contributed by atoms with Gasteiger partial charge in [-0.1, -0.05) is 0 Å². The zero-order chi connectivity index (χ0) is 12.8. The molecule has 114 valence electrons. The molecule has 0 radical (unpaired) electrons. The van der Waals surface area contributed by atoms with Gasteiger partial charge in [0.25, 0.3) is 5.91 Å². The van der Waals surface area contributed by atoms with Crippen LogP contribution < -0.4 is 5.32 Å². The van der Waals surface area contributed by atoms with Gasteiger partial charge in [-0.3, -0.25) is 4.79 Å². The zero-order valence-electron chi connectivity index (χ0n) is 11.4. The number of hydrogen-bond acceptors (Lipinski definition) is 3. The van der Waals surface area contributed by atoms with Crippen LogP contribution in [0.2, 0.25) is 0 Å². The van der Waals surface area contributed by atoms with Crippen molar-refractivity contribution in [3.05, 3.63) is 36.3 Å². The van der Waals surface area contributed by atoms with Gasteiger partial charge in [-0.05, 0) is 24.0 Å². The highest BCUT2D eigenvalue weighted by Gasteiger charge is 2.38. The largest absolute Gasteiger partial charge is 0.338 e. The Hall–Kier alpha value is -1.30. The Morgan fingerprint density at radius 2 is 1.90 bits per heavy atom. The lowest BCUT2D eigenvalue weighted by atomic mass is 10.0. The van der Waals surface area contributed by atoms with E-state index in [0.717, 1.165) is 37.4 Å². The van der Waals surface area contributed by atoms with Gasteiger partial charge in [0.1, 0.15) is 5.65 Å². The van der Waals surface area contributed by atoms with Crippen molar-refractivity contribution in [2.75, 3.05) is 26.2 Å². The van der Waals surface area contributed by atoms with E-state index in [1.807, 2.05) is 33.8 Å². The number of amides is 1. The summed E-state index contributed by atoms with van der Waals surface area (Å²) in [6, 6.07) is 3.77. The number of pyridine rings is 1. The molecule has 0 bridgehead atoms. The normalized spacial score (nSPS) is 23.5. The van der Waals surface area contributed by atoms with Crippen LogP contribution in [-0.2, 0) is 0 Å². The summed E-state index contributed by atoms with van der Waals surface area (Å²) in [6.45, 7) is 3.88. The number of carbonyl (C=O) groups is 1. The second kappa shape index (κ2) is 6.22. The van der Waals surface area contributed by atoms with Crippen LogP contribution in [0.25, 0.3) is 5.65 Å². The first-order valence-electron chi connectivity index (χ1n) is 6.74. The maximum atomic E-state index is 12.5. The summed E-state index contributed by atoms with van der Waals surface area (Å²) in [5.41, 5.74) is 1.62. The SMILES string of the molecule is Cl.Cl.O=C(c1ccc2nccn2c1)N1C[C@H]2CNC[C@H]2C1. The summed E-state index contributed by atoms with van der Waals surface area (Å²) in [7, 11) is 0. The van der Waals surface area contributed by atoms with Gasteiger partial charge in [-0.15, -0.1) is 24.8 Å². The molecule has 0 spiro atoms. The lowest BCUT2D eigenvalue weighted by molar-refractivity contribution is 0.0781. The molecule has 0 aromatic carbocycles. The number of likely N-dealkylation sites (tertiary alicyclic amines) is 1. The van der Waals surface area contributed by atoms with Gasteiger partial charge >= 0.3 is 0 Å². The lowest BCUT2D eigenvalue weighted by Crippen LogP contribution is -2.31. The van der Waals surface area contributed by atoms with Crippen molar-refractivity contribution in [1.82, 2.24) is 19.6 Å². The predicted octanol–water partition coefficient (Wildman–Crippen LogP) is 1.47. The number of nitrogens with zero attached hydrogens (tertiary/aromatic N) is 3. The second-order valence-electron chi connectivity index (χ2n) is 5.50. The van der Waals surface area contributed by atoms with Crippen LogP contribution in [0.4, 0.5) is 0 Å². The fourth-order valence-corrected chi connectivity index (χ4v) is 3.25. The first kappa shape index (κ1) is 16.1. The summed E-state index contributed by atoms with van der Waals surface area (Å²) in [5, 5.41) is 3.39. The van der Waals surface area contributed by atoms with Crippen LogP contribution in [0, 0.1) is 11.8 Å². The number of halogens is 2. The van der Waals surface area contributed by atoms with Crippen LogP contribution in [0.3, 0.4) is 0 Å². The van der Waals surface area contributed by atoms with E-state index in [2.05, 4.69) is 10.3 Å². The topological polar surface area (TPSA) is 49.6 Å². The third kappa shape index (κ3) is 2.73. The fraction of sp³-hybridized carbons (Fsp3) is 0.429. The Labute approximate surface area is 135 Å². The van der Waals surface area contributed by atoms with Gasteiger partial charge < -0.3 is 14.6 Å². The average molecular weight is 329 g/mol. The quantitative estimate of drug-likeness (QED) is 0.862. The Kier molecular flexibility index (Phi) is 4.76. The molecule has 2 aromatic rings. The van der Waals surface area contributed by atoms with Crippen molar-refractivity contribution in [3.8, 4) is 0 Å². The van der Waals surface area contributed by atoms with Crippen LogP contribution in [0.1, 0.15) is 10.4 Å². The molecule has 2 atom stereocenters. The third-order valence-corrected chi connectivity index (χ3v) is 4.31. The average Bonchev–Trinajstić information content (AvgIpc) is 3.11. The van der Waals surface area contributed by atoms with Gasteiger partial charge in [0.15, 0.2) is 0 Å². The van der Waals surface area contributed by atoms with Gasteiger partial charge in [0.05, 0.1) is 5.56 Å². The fourth-order valence-electron chi connectivity index (χ4n) is 3.25. The van der Waals surface area contributed by atoms with E-state index >= 15 is 0 Å². The molecule has 21 heavy (non-hydrogen) atoms. The molecule has 0 saturated carbocycles. The number of aromatic nitrogens is 2. The molecule has 0 unspecified atom stereocenters. The summed E-state index contributed by atoms with van der Waals surface area (Å²) < 4.78 is 1.89. The van der Waals surface area contributed by atoms with Crippen molar-refractivity contribution in [2.24, 2.45) is 11.8 Å². The zero-order valence-corrected chi connectivity index (χ0v) is 13.1. The number of carbonyl (C=O) groups excluding carboxylic acids is 1. The van der Waals surface area contributed by atoms with Crippen LogP contribution >= 0.6 is 24.8 Å². The molecule has 5 nitrogen and oxygen atoms in total. The summed E-state index contributed by atoms with van der Waals surface area (Å²) in [6.07, 6.45) is 5.49. The molecular weight excluding hydrogens is 311 g/mol. The number of imidazole rings is 1. The number of nitrogens with one attached hydrogen (secondary N) is 1. The monoisotopic (exact) mass is 328 g/mol. The Morgan fingerprint density at radius 3 is 2.62 bits per heavy atom. The molecule has 4 heterocycles. The summed E-state index contributed by atoms with van der Waals surface area (Å²) >= 11 is 0. The van der Waals surface area contributed by atoms with E-state index in [1.165, 1.54) is 0 Å². The molecule has 7 heteroatoms. The molecule has 4 rings (SSSR count). The number of hydrogen-bond donors (Lipinski definition) is 1. The highest BCUT2D eigenvalue weighted by atomic mass is 35.5. The smallest absolute Gasteiger partial charge is 0.255 e. The maximum Gasteiger partial charge on any atom is 0.255 e. The van der Waals surface area contributed by atoms with Gasteiger partial charge in [0.2, 0.25) is 0 Å². The van der Waals surface area contributed by atoms with Gasteiger partial charge in [0, 0.05) is 44.8 Å². The first-order valence-corrected chi connectivity index (χ1v) is 6.74. The van der Waals surface area contributed by atoms with E-state index in [9.17, 15) is 4.79 Å². The van der Waals surface area contributed by atoms with Crippen molar-refractivity contribution in [3.63, 3.8) is 0 Å².